The molecule has 186 valence electrons. The van der Waals surface area contributed by atoms with Gasteiger partial charge in [-0.3, -0.25) is 14.7 Å². The fourth-order valence-electron chi connectivity index (χ4n) is 3.58. The van der Waals surface area contributed by atoms with Gasteiger partial charge in [-0.25, -0.2) is 4.39 Å². The van der Waals surface area contributed by atoms with Crippen LogP contribution in [0.4, 0.5) is 4.39 Å². The summed E-state index contributed by atoms with van der Waals surface area (Å²) in [5.74, 6) is 1.38. The molecule has 11 heteroatoms. The number of methoxy groups -OCH3 is 1. The summed E-state index contributed by atoms with van der Waals surface area (Å²) in [5, 5.41) is 20.0. The molecule has 0 saturated carbocycles. The molecule has 4 rings (SSSR count). The lowest BCUT2D eigenvalue weighted by molar-refractivity contribution is -0.479. The van der Waals surface area contributed by atoms with Crippen LogP contribution in [0, 0.1) is 22.9 Å². The summed E-state index contributed by atoms with van der Waals surface area (Å²) < 4.78 is 27.9. The van der Waals surface area contributed by atoms with Gasteiger partial charge in [0.1, 0.15) is 35.0 Å². The van der Waals surface area contributed by atoms with Crippen molar-refractivity contribution in [3.8, 4) is 17.2 Å². The fourth-order valence-corrected chi connectivity index (χ4v) is 5.15. The third-order valence-corrected chi connectivity index (χ3v) is 7.00. The van der Waals surface area contributed by atoms with Gasteiger partial charge in [-0.1, -0.05) is 45.9 Å². The number of halogens is 2. The van der Waals surface area contributed by atoms with Crippen LogP contribution in [0.1, 0.15) is 22.2 Å². The Bertz CT molecular complexity index is 1370. The van der Waals surface area contributed by atoms with Crippen molar-refractivity contribution in [1.82, 2.24) is 14.8 Å². The van der Waals surface area contributed by atoms with Crippen molar-refractivity contribution in [3.63, 3.8) is 0 Å². The molecule has 1 heterocycles. The normalized spacial score (nSPS) is 11.8. The third-order valence-electron chi connectivity index (χ3n) is 5.35. The average Bonchev–Trinajstić information content (AvgIpc) is 3.23. The van der Waals surface area contributed by atoms with E-state index >= 15 is 0 Å². The Hall–Kier alpha value is -3.44. The number of aromatic nitrogens is 3. The van der Waals surface area contributed by atoms with Crippen molar-refractivity contribution in [3.05, 3.63) is 104 Å². The monoisotopic (exact) mass is 572 g/mol. The Labute approximate surface area is 219 Å². The second-order valence-electron chi connectivity index (χ2n) is 7.75. The van der Waals surface area contributed by atoms with Crippen molar-refractivity contribution in [2.45, 2.75) is 23.9 Å². The van der Waals surface area contributed by atoms with E-state index in [4.69, 9.17) is 9.47 Å². The number of ether oxygens (including phenoxy) is 2. The van der Waals surface area contributed by atoms with Crippen LogP contribution in [0.3, 0.4) is 0 Å². The molecule has 0 radical (unpaired) electrons. The first-order valence-electron chi connectivity index (χ1n) is 10.9. The predicted molar refractivity (Wildman–Crippen MR) is 138 cm³/mol. The van der Waals surface area contributed by atoms with Crippen LogP contribution in [0.2, 0.25) is 0 Å². The minimum Gasteiger partial charge on any atom is -0.497 e. The zero-order valence-corrected chi connectivity index (χ0v) is 21.8. The molecule has 0 bridgehead atoms. The third kappa shape index (κ3) is 6.03. The van der Waals surface area contributed by atoms with Gasteiger partial charge in [0.2, 0.25) is 6.54 Å². The lowest BCUT2D eigenvalue weighted by Crippen LogP contribution is -2.13. The van der Waals surface area contributed by atoms with Crippen LogP contribution < -0.4 is 9.47 Å². The first-order valence-corrected chi connectivity index (χ1v) is 12.5. The molecule has 0 N–H and O–H groups in total. The lowest BCUT2D eigenvalue weighted by atomic mass is 10.1. The molecule has 1 aromatic heterocycles. The SMILES string of the molecule is COc1ccc(-n2c(C)nnc2S[C@@H](C[N+](=O)[O-])c2cc(Br)ccc2OCc2ccccc2F)cc1. The van der Waals surface area contributed by atoms with Crippen LogP contribution in [0.15, 0.2) is 76.4 Å². The minimum atomic E-state index is -0.659. The van der Waals surface area contributed by atoms with Crippen LogP contribution in [0.5, 0.6) is 11.5 Å². The Balaban J connectivity index is 1.68. The van der Waals surface area contributed by atoms with Gasteiger partial charge in [0.05, 0.1) is 7.11 Å². The summed E-state index contributed by atoms with van der Waals surface area (Å²) in [4.78, 5) is 11.3. The van der Waals surface area contributed by atoms with E-state index < -0.39 is 5.25 Å². The molecule has 8 nitrogen and oxygen atoms in total. The molecular formula is C25H22BrFN4O4S. The summed E-state index contributed by atoms with van der Waals surface area (Å²) in [6.07, 6.45) is 0. The zero-order chi connectivity index (χ0) is 25.7. The lowest BCUT2D eigenvalue weighted by Gasteiger charge is -2.18. The molecule has 0 aliphatic rings. The molecular weight excluding hydrogens is 551 g/mol. The number of aryl methyl sites for hydroxylation is 1. The smallest absolute Gasteiger partial charge is 0.220 e. The van der Waals surface area contributed by atoms with E-state index in [1.54, 1.807) is 43.5 Å². The van der Waals surface area contributed by atoms with Crippen molar-refractivity contribution in [2.24, 2.45) is 0 Å². The predicted octanol–water partition coefficient (Wildman–Crippen LogP) is 6.18. The average molecular weight is 573 g/mol. The maximum absolute atomic E-state index is 14.1. The zero-order valence-electron chi connectivity index (χ0n) is 19.4. The molecule has 1 atom stereocenters. The van der Waals surface area contributed by atoms with Crippen molar-refractivity contribution in [2.75, 3.05) is 13.7 Å². The summed E-state index contributed by atoms with van der Waals surface area (Å²) in [5.41, 5.74) is 1.77. The van der Waals surface area contributed by atoms with Crippen LogP contribution in [-0.4, -0.2) is 33.3 Å². The Morgan fingerprint density at radius 3 is 2.58 bits per heavy atom. The first-order chi connectivity index (χ1) is 17.4. The standard InChI is InChI=1S/C25H22BrFN4O4S/c1-16-28-29-25(31(16)19-8-10-20(34-2)11-9-19)36-24(14-30(32)33)21-13-18(26)7-12-23(21)35-15-17-5-3-4-6-22(17)27/h3-13,24H,14-15H2,1-2H3/t24-/m0/s1. The molecule has 0 amide bonds. The number of hydrogen-bond acceptors (Lipinski definition) is 7. The van der Waals surface area contributed by atoms with Gasteiger partial charge in [0.25, 0.3) is 0 Å². The van der Waals surface area contributed by atoms with Gasteiger partial charge in [-0.05, 0) is 55.5 Å². The van der Waals surface area contributed by atoms with E-state index in [1.807, 2.05) is 35.8 Å². The van der Waals surface area contributed by atoms with Crippen LogP contribution in [-0.2, 0) is 6.61 Å². The van der Waals surface area contributed by atoms with Crippen molar-refractivity contribution in [1.29, 1.82) is 0 Å². The highest BCUT2D eigenvalue weighted by Gasteiger charge is 2.27. The molecule has 0 aliphatic heterocycles. The maximum Gasteiger partial charge on any atom is 0.220 e. The Morgan fingerprint density at radius 2 is 1.89 bits per heavy atom. The number of rotatable bonds is 10. The second-order valence-corrected chi connectivity index (χ2v) is 9.83. The highest BCUT2D eigenvalue weighted by Crippen LogP contribution is 2.41. The molecule has 0 unspecified atom stereocenters. The number of hydrogen-bond donors (Lipinski definition) is 0. The molecule has 0 spiro atoms. The number of nitrogens with zero attached hydrogens (tertiary/aromatic N) is 4. The Kier molecular flexibility index (Phi) is 8.21. The van der Waals surface area contributed by atoms with E-state index in [9.17, 15) is 14.5 Å². The van der Waals surface area contributed by atoms with Crippen LogP contribution >= 0.6 is 27.7 Å². The molecule has 0 saturated heterocycles. The van der Waals surface area contributed by atoms with Gasteiger partial charge in [0, 0.05) is 26.2 Å². The second kappa shape index (κ2) is 11.5. The van der Waals surface area contributed by atoms with E-state index in [1.165, 1.54) is 17.8 Å². The summed E-state index contributed by atoms with van der Waals surface area (Å²) in [6.45, 7) is 1.41. The first kappa shape index (κ1) is 25.6. The van der Waals surface area contributed by atoms with E-state index in [0.717, 1.165) is 10.2 Å². The van der Waals surface area contributed by atoms with Gasteiger partial charge in [-0.15, -0.1) is 10.2 Å². The highest BCUT2D eigenvalue weighted by atomic mass is 79.9. The van der Waals surface area contributed by atoms with E-state index in [-0.39, 0.29) is 23.9 Å². The Morgan fingerprint density at radius 1 is 1.14 bits per heavy atom. The maximum atomic E-state index is 14.1. The molecule has 4 aromatic rings. The molecule has 0 fully saturated rings. The van der Waals surface area contributed by atoms with E-state index in [0.29, 0.717) is 33.6 Å². The summed E-state index contributed by atoms with van der Waals surface area (Å²) in [7, 11) is 1.59. The molecule has 3 aromatic carbocycles. The number of thioether (sulfide) groups is 1. The number of benzene rings is 3. The summed E-state index contributed by atoms with van der Waals surface area (Å²) >= 11 is 4.66. The van der Waals surface area contributed by atoms with Crippen molar-refractivity contribution >= 4 is 27.7 Å². The van der Waals surface area contributed by atoms with E-state index in [2.05, 4.69) is 26.1 Å². The quantitative estimate of drug-likeness (QED) is 0.127. The van der Waals surface area contributed by atoms with Gasteiger partial charge in [-0.2, -0.15) is 0 Å². The summed E-state index contributed by atoms with van der Waals surface area (Å²) in [6, 6.07) is 19.0. The van der Waals surface area contributed by atoms with Gasteiger partial charge in [0.15, 0.2) is 5.16 Å². The topological polar surface area (TPSA) is 92.3 Å². The van der Waals surface area contributed by atoms with Crippen molar-refractivity contribution < 1.29 is 18.8 Å². The highest BCUT2D eigenvalue weighted by molar-refractivity contribution is 9.10. The fraction of sp³-hybridized carbons (Fsp3) is 0.200. The minimum absolute atomic E-state index is 0.0156. The largest absolute Gasteiger partial charge is 0.497 e. The van der Waals surface area contributed by atoms with Gasteiger partial charge < -0.3 is 9.47 Å². The van der Waals surface area contributed by atoms with Gasteiger partial charge >= 0.3 is 0 Å². The molecule has 36 heavy (non-hydrogen) atoms. The van der Waals surface area contributed by atoms with Crippen LogP contribution in [0.25, 0.3) is 5.69 Å². The number of nitro groups is 1. The molecule has 0 aliphatic carbocycles.